The second-order valence-corrected chi connectivity index (χ2v) is 10.6. The van der Waals surface area contributed by atoms with Gasteiger partial charge in [-0.1, -0.05) is 29.8 Å². The molecule has 184 valence electrons. The minimum absolute atomic E-state index is 0.0534. The van der Waals surface area contributed by atoms with Gasteiger partial charge < -0.3 is 9.64 Å². The molecular weight excluding hydrogens is 480 g/mol. The zero-order valence-electron chi connectivity index (χ0n) is 19.9. The highest BCUT2D eigenvalue weighted by atomic mass is 35.5. The zero-order chi connectivity index (χ0) is 25.3. The molecule has 0 unspecified atom stereocenters. The van der Waals surface area contributed by atoms with Crippen LogP contribution in [-0.2, 0) is 19.2 Å². The predicted molar refractivity (Wildman–Crippen MR) is 134 cm³/mol. The molecule has 0 spiro atoms. The van der Waals surface area contributed by atoms with Crippen LogP contribution in [0.15, 0.2) is 48.6 Å². The largest absolute Gasteiger partial charge is 0.426 e. The number of hydrogen-bond acceptors (Lipinski definition) is 5. The molecule has 0 radical (unpaired) electrons. The monoisotopic (exact) mass is 504 g/mol. The summed E-state index contributed by atoms with van der Waals surface area (Å²) in [5, 5.41) is 0.560. The number of hydrogen-bond donors (Lipinski definition) is 0. The molecule has 8 heteroatoms. The lowest BCUT2D eigenvalue weighted by molar-refractivity contribution is -0.139. The van der Waals surface area contributed by atoms with Gasteiger partial charge in [-0.15, -0.1) is 0 Å². The molecule has 2 bridgehead atoms. The van der Waals surface area contributed by atoms with E-state index >= 15 is 0 Å². The zero-order valence-corrected chi connectivity index (χ0v) is 20.7. The van der Waals surface area contributed by atoms with Crippen molar-refractivity contribution in [1.29, 1.82) is 0 Å². The van der Waals surface area contributed by atoms with Crippen molar-refractivity contribution < 1.29 is 23.9 Å². The van der Waals surface area contributed by atoms with Crippen molar-refractivity contribution in [2.75, 3.05) is 16.3 Å². The van der Waals surface area contributed by atoms with Crippen molar-refractivity contribution in [2.45, 2.75) is 26.7 Å². The van der Waals surface area contributed by atoms with Gasteiger partial charge in [0.1, 0.15) is 5.75 Å². The molecule has 2 heterocycles. The van der Waals surface area contributed by atoms with Crippen molar-refractivity contribution in [3.05, 3.63) is 64.7 Å². The first kappa shape index (κ1) is 23.0. The minimum Gasteiger partial charge on any atom is -0.426 e. The summed E-state index contributed by atoms with van der Waals surface area (Å²) in [5.41, 5.74) is 2.67. The van der Waals surface area contributed by atoms with Gasteiger partial charge in [-0.2, -0.15) is 0 Å². The van der Waals surface area contributed by atoms with Gasteiger partial charge in [-0.05, 0) is 73.6 Å². The van der Waals surface area contributed by atoms with E-state index in [0.29, 0.717) is 27.7 Å². The minimum atomic E-state index is -0.611. The Morgan fingerprint density at radius 3 is 2.33 bits per heavy atom. The molecule has 0 N–H and O–H groups in total. The Kier molecular flexibility index (Phi) is 5.30. The SMILES string of the molecule is Cc1cc(OC(=O)[C@@H]2CC(=O)N(c3cccc(Cl)c3C)C2)ccc1N1C(=O)[C@@H]2[C@@H](C1=O)[C@H]1C=C[C@H]2C1. The van der Waals surface area contributed by atoms with Crippen molar-refractivity contribution in [3.8, 4) is 5.75 Å². The van der Waals surface area contributed by atoms with Crippen molar-refractivity contribution in [3.63, 3.8) is 0 Å². The Bertz CT molecular complexity index is 1340. The second kappa shape index (κ2) is 8.30. The number of benzene rings is 2. The van der Waals surface area contributed by atoms with Crippen molar-refractivity contribution in [1.82, 2.24) is 0 Å². The van der Waals surface area contributed by atoms with Crippen molar-refractivity contribution >= 4 is 46.7 Å². The fraction of sp³-hybridized carbons (Fsp3) is 0.357. The van der Waals surface area contributed by atoms with E-state index in [4.69, 9.17) is 16.3 Å². The van der Waals surface area contributed by atoms with Crippen LogP contribution in [0, 0.1) is 43.4 Å². The number of amides is 3. The van der Waals surface area contributed by atoms with Gasteiger partial charge in [0.2, 0.25) is 17.7 Å². The summed E-state index contributed by atoms with van der Waals surface area (Å²) in [7, 11) is 0. The Morgan fingerprint density at radius 1 is 0.972 bits per heavy atom. The van der Waals surface area contributed by atoms with Crippen LogP contribution in [0.2, 0.25) is 5.02 Å². The molecule has 36 heavy (non-hydrogen) atoms. The first-order chi connectivity index (χ1) is 17.2. The molecule has 7 nitrogen and oxygen atoms in total. The van der Waals surface area contributed by atoms with E-state index in [1.54, 1.807) is 42.2 Å². The molecule has 5 atom stereocenters. The topological polar surface area (TPSA) is 84.0 Å². The second-order valence-electron chi connectivity index (χ2n) is 10.2. The number of aryl methyl sites for hydroxylation is 1. The fourth-order valence-corrected chi connectivity index (χ4v) is 6.44. The first-order valence-corrected chi connectivity index (χ1v) is 12.6. The number of ether oxygens (including phenoxy) is 1. The van der Waals surface area contributed by atoms with Crippen LogP contribution in [0.5, 0.6) is 5.75 Å². The maximum absolute atomic E-state index is 13.1. The van der Waals surface area contributed by atoms with Crippen LogP contribution in [-0.4, -0.2) is 30.2 Å². The lowest BCUT2D eigenvalue weighted by Gasteiger charge is -2.20. The van der Waals surface area contributed by atoms with Crippen LogP contribution >= 0.6 is 11.6 Å². The summed E-state index contributed by atoms with van der Waals surface area (Å²) in [4.78, 5) is 54.7. The normalized spacial score (nSPS) is 28.4. The predicted octanol–water partition coefficient (Wildman–Crippen LogP) is 4.23. The molecule has 1 saturated carbocycles. The highest BCUT2D eigenvalue weighted by molar-refractivity contribution is 6.31. The number of imide groups is 1. The van der Waals surface area contributed by atoms with E-state index in [-0.39, 0.29) is 54.4 Å². The molecule has 0 aromatic heterocycles. The quantitative estimate of drug-likeness (QED) is 0.269. The van der Waals surface area contributed by atoms with Gasteiger partial charge in [0.25, 0.3) is 0 Å². The molecule has 4 aliphatic rings. The van der Waals surface area contributed by atoms with E-state index < -0.39 is 11.9 Å². The van der Waals surface area contributed by atoms with E-state index in [0.717, 1.165) is 12.0 Å². The van der Waals surface area contributed by atoms with E-state index in [9.17, 15) is 19.2 Å². The first-order valence-electron chi connectivity index (χ1n) is 12.2. The Balaban J connectivity index is 1.16. The summed E-state index contributed by atoms with van der Waals surface area (Å²) in [6.07, 6.45) is 5.07. The van der Waals surface area contributed by atoms with Gasteiger partial charge in [0.15, 0.2) is 0 Å². The number of carbonyl (C=O) groups is 4. The third-order valence-corrected chi connectivity index (χ3v) is 8.50. The number of anilines is 2. The summed E-state index contributed by atoms with van der Waals surface area (Å²) < 4.78 is 5.61. The Labute approximate surface area is 213 Å². The Morgan fingerprint density at radius 2 is 1.67 bits per heavy atom. The fourth-order valence-electron chi connectivity index (χ4n) is 6.27. The van der Waals surface area contributed by atoms with Crippen LogP contribution in [0.25, 0.3) is 0 Å². The molecule has 6 rings (SSSR count). The maximum atomic E-state index is 13.1. The molecule has 2 aromatic rings. The summed E-state index contributed by atoms with van der Waals surface area (Å²) in [6, 6.07) is 10.3. The van der Waals surface area contributed by atoms with Crippen LogP contribution in [0.3, 0.4) is 0 Å². The van der Waals surface area contributed by atoms with E-state index in [1.165, 1.54) is 4.90 Å². The van der Waals surface area contributed by atoms with Crippen LogP contribution < -0.4 is 14.5 Å². The molecule has 2 aliphatic heterocycles. The van der Waals surface area contributed by atoms with Gasteiger partial charge in [0, 0.05) is 23.7 Å². The molecule has 3 fully saturated rings. The third kappa shape index (κ3) is 3.40. The molecule has 2 saturated heterocycles. The summed E-state index contributed by atoms with van der Waals surface area (Å²) in [6.45, 7) is 3.84. The number of rotatable bonds is 4. The average Bonchev–Trinajstić information content (AvgIpc) is 3.60. The standard InChI is InChI=1S/C28H25ClN2O5/c1-14-10-19(8-9-21(14)31-26(33)24-16-6-7-17(11-16)25(24)27(31)34)36-28(35)18-12-23(32)30(13-18)22-5-3-4-20(29)15(22)2/h3-10,16-18,24-25H,11-13H2,1-2H3/t16-,17-,18+,24-,25-/m0/s1. The highest BCUT2D eigenvalue weighted by Crippen LogP contribution is 2.53. The van der Waals surface area contributed by atoms with Gasteiger partial charge in [-0.3, -0.25) is 19.2 Å². The number of halogens is 1. The Hall–Kier alpha value is -3.45. The smallest absolute Gasteiger partial charge is 0.316 e. The molecule has 2 aliphatic carbocycles. The average molecular weight is 505 g/mol. The number of esters is 1. The van der Waals surface area contributed by atoms with E-state index in [2.05, 4.69) is 12.2 Å². The maximum Gasteiger partial charge on any atom is 0.316 e. The number of nitrogens with zero attached hydrogens (tertiary/aromatic N) is 2. The third-order valence-electron chi connectivity index (χ3n) is 8.09. The number of carbonyl (C=O) groups excluding carboxylic acids is 4. The van der Waals surface area contributed by atoms with E-state index in [1.807, 2.05) is 13.0 Å². The van der Waals surface area contributed by atoms with Gasteiger partial charge >= 0.3 is 5.97 Å². The van der Waals surface area contributed by atoms with Crippen molar-refractivity contribution in [2.24, 2.45) is 29.6 Å². The summed E-state index contributed by atoms with van der Waals surface area (Å²) >= 11 is 6.21. The number of fused-ring (bicyclic) bond motifs is 5. The van der Waals surface area contributed by atoms with Crippen LogP contribution in [0.4, 0.5) is 11.4 Å². The molecule has 2 aromatic carbocycles. The van der Waals surface area contributed by atoms with Gasteiger partial charge in [0.05, 0.1) is 23.4 Å². The van der Waals surface area contributed by atoms with Gasteiger partial charge in [-0.25, -0.2) is 4.90 Å². The number of allylic oxidation sites excluding steroid dienone is 2. The molecule has 3 amide bonds. The lowest BCUT2D eigenvalue weighted by Crippen LogP contribution is -2.33. The van der Waals surface area contributed by atoms with Crippen LogP contribution in [0.1, 0.15) is 24.0 Å². The lowest BCUT2D eigenvalue weighted by atomic mass is 9.85. The molecular formula is C28H25ClN2O5. The summed E-state index contributed by atoms with van der Waals surface area (Å²) in [5.74, 6) is -1.49. The highest BCUT2D eigenvalue weighted by Gasteiger charge is 2.59.